The number of hydrogen-bond donors (Lipinski definition) is 1. The number of benzene rings is 2. The molecule has 2 aromatic carbocycles. The van der Waals surface area contributed by atoms with E-state index in [0.29, 0.717) is 39.1 Å². The molecule has 36 heavy (non-hydrogen) atoms. The highest BCUT2D eigenvalue weighted by atomic mass is 16.5. The number of aryl methyl sites for hydroxylation is 1. The van der Waals surface area contributed by atoms with Gasteiger partial charge in [-0.2, -0.15) is 0 Å². The molecule has 0 bridgehead atoms. The Morgan fingerprint density at radius 3 is 2.28 bits per heavy atom. The first-order chi connectivity index (χ1) is 17.7. The molecule has 0 aliphatic rings. The molecule has 0 atom stereocenters. The van der Waals surface area contributed by atoms with Crippen LogP contribution in [-0.4, -0.2) is 48.8 Å². The molecule has 0 heterocycles. The molecule has 2 aromatic rings. The Hall–Kier alpha value is -2.37. The van der Waals surface area contributed by atoms with E-state index in [1.807, 2.05) is 54.6 Å². The molecule has 200 valence electrons. The first-order valence-electron chi connectivity index (χ1n) is 13.9. The van der Waals surface area contributed by atoms with Crippen molar-refractivity contribution in [1.29, 1.82) is 0 Å². The molecular weight excluding hydrogens is 450 g/mol. The second-order valence-corrected chi connectivity index (χ2v) is 9.47. The SMILES string of the molecule is CCCCCCCCCCOc1cccc(CCC(=O)N(CCO)CCCOCc2ccccc2)c1. The summed E-state index contributed by atoms with van der Waals surface area (Å²) in [6.07, 6.45) is 12.1. The Morgan fingerprint density at radius 2 is 1.53 bits per heavy atom. The van der Waals surface area contributed by atoms with Crippen LogP contribution in [-0.2, 0) is 22.6 Å². The third-order valence-electron chi connectivity index (χ3n) is 6.34. The lowest BCUT2D eigenvalue weighted by molar-refractivity contribution is -0.131. The van der Waals surface area contributed by atoms with Crippen LogP contribution >= 0.6 is 0 Å². The van der Waals surface area contributed by atoms with Crippen LogP contribution in [0.1, 0.15) is 82.3 Å². The minimum atomic E-state index is -0.0291. The van der Waals surface area contributed by atoms with Crippen LogP contribution in [0.4, 0.5) is 0 Å². The summed E-state index contributed by atoms with van der Waals surface area (Å²) in [4.78, 5) is 14.5. The fourth-order valence-corrected chi connectivity index (χ4v) is 4.23. The monoisotopic (exact) mass is 497 g/mol. The predicted molar refractivity (Wildman–Crippen MR) is 147 cm³/mol. The number of rotatable bonds is 21. The van der Waals surface area contributed by atoms with E-state index in [4.69, 9.17) is 9.47 Å². The van der Waals surface area contributed by atoms with Gasteiger partial charge >= 0.3 is 0 Å². The van der Waals surface area contributed by atoms with Crippen LogP contribution in [0.2, 0.25) is 0 Å². The van der Waals surface area contributed by atoms with E-state index in [2.05, 4.69) is 6.92 Å². The molecule has 1 amide bonds. The van der Waals surface area contributed by atoms with Crippen molar-refractivity contribution in [3.63, 3.8) is 0 Å². The number of ether oxygens (including phenoxy) is 2. The van der Waals surface area contributed by atoms with E-state index in [9.17, 15) is 9.90 Å². The average molecular weight is 498 g/mol. The van der Waals surface area contributed by atoms with Crippen molar-refractivity contribution >= 4 is 5.91 Å². The van der Waals surface area contributed by atoms with Gasteiger partial charge in [-0.05, 0) is 42.5 Å². The number of unbranched alkanes of at least 4 members (excludes halogenated alkanes) is 7. The Labute approximate surface area is 218 Å². The highest BCUT2D eigenvalue weighted by molar-refractivity contribution is 5.76. The van der Waals surface area contributed by atoms with Crippen molar-refractivity contribution in [1.82, 2.24) is 4.90 Å². The summed E-state index contributed by atoms with van der Waals surface area (Å²) in [5.74, 6) is 0.947. The fraction of sp³-hybridized carbons (Fsp3) is 0.581. The summed E-state index contributed by atoms with van der Waals surface area (Å²) in [6, 6.07) is 18.1. The van der Waals surface area contributed by atoms with Gasteiger partial charge in [0.1, 0.15) is 5.75 Å². The van der Waals surface area contributed by atoms with Crippen molar-refractivity contribution in [3.05, 3.63) is 65.7 Å². The predicted octanol–water partition coefficient (Wildman–Crippen LogP) is 6.57. The summed E-state index contributed by atoms with van der Waals surface area (Å²) in [6.45, 7) is 5.08. The maximum atomic E-state index is 12.8. The van der Waals surface area contributed by atoms with E-state index in [-0.39, 0.29) is 12.5 Å². The molecule has 5 heteroatoms. The maximum Gasteiger partial charge on any atom is 0.222 e. The van der Waals surface area contributed by atoms with Crippen LogP contribution in [0.25, 0.3) is 0 Å². The van der Waals surface area contributed by atoms with Crippen LogP contribution in [0.15, 0.2) is 54.6 Å². The van der Waals surface area contributed by atoms with Crippen molar-refractivity contribution in [3.8, 4) is 5.75 Å². The second kappa shape index (κ2) is 19.8. The number of aliphatic hydroxyl groups excluding tert-OH is 1. The minimum absolute atomic E-state index is 0.0291. The lowest BCUT2D eigenvalue weighted by Gasteiger charge is -2.22. The molecule has 0 saturated carbocycles. The minimum Gasteiger partial charge on any atom is -0.494 e. The lowest BCUT2D eigenvalue weighted by atomic mass is 10.1. The van der Waals surface area contributed by atoms with Crippen molar-refractivity contribution in [2.24, 2.45) is 0 Å². The van der Waals surface area contributed by atoms with Crippen LogP contribution in [0.3, 0.4) is 0 Å². The Morgan fingerprint density at radius 1 is 0.806 bits per heavy atom. The van der Waals surface area contributed by atoms with Crippen LogP contribution < -0.4 is 4.74 Å². The van der Waals surface area contributed by atoms with Crippen molar-refractivity contribution in [2.75, 3.05) is 32.9 Å². The van der Waals surface area contributed by atoms with Crippen LogP contribution in [0.5, 0.6) is 5.75 Å². The number of carbonyl (C=O) groups excluding carboxylic acids is 1. The number of amides is 1. The second-order valence-electron chi connectivity index (χ2n) is 9.47. The maximum absolute atomic E-state index is 12.8. The molecule has 2 rings (SSSR count). The number of nitrogens with zero attached hydrogens (tertiary/aromatic N) is 1. The summed E-state index contributed by atoms with van der Waals surface area (Å²) in [5.41, 5.74) is 2.25. The highest BCUT2D eigenvalue weighted by Crippen LogP contribution is 2.16. The molecule has 5 nitrogen and oxygen atoms in total. The van der Waals surface area contributed by atoms with Crippen molar-refractivity contribution in [2.45, 2.75) is 84.2 Å². The van der Waals surface area contributed by atoms with E-state index in [1.165, 1.54) is 44.9 Å². The number of carbonyl (C=O) groups is 1. The van der Waals surface area contributed by atoms with Gasteiger partial charge in [0.25, 0.3) is 0 Å². The van der Waals surface area contributed by atoms with Gasteiger partial charge in [0.2, 0.25) is 5.91 Å². The first-order valence-corrected chi connectivity index (χ1v) is 13.9. The molecular formula is C31H47NO4. The summed E-state index contributed by atoms with van der Waals surface area (Å²) >= 11 is 0. The fourth-order valence-electron chi connectivity index (χ4n) is 4.23. The third kappa shape index (κ3) is 13.6. The van der Waals surface area contributed by atoms with E-state index in [1.54, 1.807) is 4.90 Å². The smallest absolute Gasteiger partial charge is 0.222 e. The third-order valence-corrected chi connectivity index (χ3v) is 6.34. The number of aliphatic hydroxyl groups is 1. The molecule has 0 spiro atoms. The first kappa shape index (κ1) is 29.9. The summed E-state index contributed by atoms with van der Waals surface area (Å²) in [5, 5.41) is 9.40. The largest absolute Gasteiger partial charge is 0.494 e. The van der Waals surface area contributed by atoms with Crippen LogP contribution in [0, 0.1) is 0 Å². The van der Waals surface area contributed by atoms with Gasteiger partial charge in [-0.1, -0.05) is 94.3 Å². The van der Waals surface area contributed by atoms with Gasteiger partial charge < -0.3 is 19.5 Å². The molecule has 0 aliphatic carbocycles. The molecule has 0 fully saturated rings. The molecule has 0 aliphatic heterocycles. The summed E-state index contributed by atoms with van der Waals surface area (Å²) < 4.78 is 11.7. The normalized spacial score (nSPS) is 10.9. The Balaban J connectivity index is 1.62. The number of hydrogen-bond acceptors (Lipinski definition) is 4. The highest BCUT2D eigenvalue weighted by Gasteiger charge is 2.13. The van der Waals surface area contributed by atoms with E-state index >= 15 is 0 Å². The lowest BCUT2D eigenvalue weighted by Crippen LogP contribution is -2.35. The van der Waals surface area contributed by atoms with Gasteiger partial charge in [-0.25, -0.2) is 0 Å². The summed E-state index contributed by atoms with van der Waals surface area (Å²) in [7, 11) is 0. The van der Waals surface area contributed by atoms with E-state index < -0.39 is 0 Å². The van der Waals surface area contributed by atoms with Gasteiger partial charge in [0.05, 0.1) is 19.8 Å². The van der Waals surface area contributed by atoms with Gasteiger partial charge in [0, 0.05) is 26.1 Å². The molecule has 0 radical (unpaired) electrons. The van der Waals surface area contributed by atoms with E-state index in [0.717, 1.165) is 36.3 Å². The van der Waals surface area contributed by atoms with Crippen molar-refractivity contribution < 1.29 is 19.4 Å². The molecule has 0 aromatic heterocycles. The van der Waals surface area contributed by atoms with Gasteiger partial charge in [0.15, 0.2) is 0 Å². The topological polar surface area (TPSA) is 59.0 Å². The Kier molecular flexibility index (Phi) is 16.4. The molecule has 0 saturated heterocycles. The zero-order valence-electron chi connectivity index (χ0n) is 22.3. The quantitative estimate of drug-likeness (QED) is 0.198. The molecule has 1 N–H and O–H groups in total. The molecule has 0 unspecified atom stereocenters. The van der Waals surface area contributed by atoms with Gasteiger partial charge in [-0.15, -0.1) is 0 Å². The standard InChI is InChI=1S/C31H47NO4/c1-2-3-4-5-6-7-8-12-25-36-30-18-13-17-28(26-30)19-20-31(34)32(22-23-33)21-14-24-35-27-29-15-10-9-11-16-29/h9-11,13,15-18,26,33H,2-8,12,14,19-25,27H2,1H3. The average Bonchev–Trinajstić information content (AvgIpc) is 2.91. The van der Waals surface area contributed by atoms with Gasteiger partial charge in [-0.3, -0.25) is 4.79 Å². The Bertz CT molecular complexity index is 811. The zero-order chi connectivity index (χ0) is 25.7. The zero-order valence-corrected chi connectivity index (χ0v) is 22.3.